The lowest BCUT2D eigenvalue weighted by atomic mass is 10.1. The molecule has 0 aliphatic rings. The Morgan fingerprint density at radius 3 is 2.62 bits per heavy atom. The van der Waals surface area contributed by atoms with Crippen molar-refractivity contribution in [2.24, 2.45) is 7.05 Å². The Morgan fingerprint density at radius 1 is 1.19 bits per heavy atom. The summed E-state index contributed by atoms with van der Waals surface area (Å²) in [4.78, 5) is 8.85. The Balaban J connectivity index is 1.92. The molecule has 0 aliphatic carbocycles. The van der Waals surface area contributed by atoms with Crippen molar-refractivity contribution >= 4 is 17.4 Å². The molecule has 0 atom stereocenters. The first-order valence-electron chi connectivity index (χ1n) is 6.47. The lowest BCUT2D eigenvalue weighted by Gasteiger charge is -2.05. The number of aromatic nitrogens is 4. The van der Waals surface area contributed by atoms with Crippen LogP contribution >= 0.6 is 11.6 Å². The van der Waals surface area contributed by atoms with Gasteiger partial charge in [-0.15, -0.1) is 0 Å². The van der Waals surface area contributed by atoms with Gasteiger partial charge in [-0.3, -0.25) is 4.68 Å². The molecule has 0 bridgehead atoms. The summed E-state index contributed by atoms with van der Waals surface area (Å²) >= 11 is 5.89. The second-order valence-corrected chi connectivity index (χ2v) is 5.24. The zero-order valence-corrected chi connectivity index (χ0v) is 12.2. The number of benzene rings is 1. The van der Waals surface area contributed by atoms with E-state index in [-0.39, 0.29) is 0 Å². The van der Waals surface area contributed by atoms with Crippen LogP contribution in [0.15, 0.2) is 42.7 Å². The predicted molar refractivity (Wildman–Crippen MR) is 82.9 cm³/mol. The molecule has 2 aromatic heterocycles. The van der Waals surface area contributed by atoms with E-state index in [1.54, 1.807) is 16.9 Å². The van der Waals surface area contributed by atoms with E-state index in [2.05, 4.69) is 15.1 Å². The number of anilines is 1. The average molecular weight is 300 g/mol. The Bertz CT molecular complexity index is 764. The molecule has 5 nitrogen and oxygen atoms in total. The first kappa shape index (κ1) is 13.6. The van der Waals surface area contributed by atoms with E-state index < -0.39 is 0 Å². The smallest absolute Gasteiger partial charge is 0.135 e. The van der Waals surface area contributed by atoms with Crippen LogP contribution in [-0.4, -0.2) is 19.7 Å². The van der Waals surface area contributed by atoms with E-state index in [0.717, 1.165) is 16.8 Å². The van der Waals surface area contributed by atoms with Gasteiger partial charge in [-0.05, 0) is 17.7 Å². The van der Waals surface area contributed by atoms with Gasteiger partial charge in [-0.1, -0.05) is 23.7 Å². The quantitative estimate of drug-likeness (QED) is 0.807. The normalized spacial score (nSPS) is 10.8. The average Bonchev–Trinajstić information content (AvgIpc) is 2.88. The van der Waals surface area contributed by atoms with Crippen LogP contribution in [0.25, 0.3) is 11.3 Å². The van der Waals surface area contributed by atoms with Crippen LogP contribution in [0.2, 0.25) is 5.02 Å². The molecule has 0 radical (unpaired) electrons. The lowest BCUT2D eigenvalue weighted by molar-refractivity contribution is 0.768. The minimum absolute atomic E-state index is 0.452. The van der Waals surface area contributed by atoms with E-state index in [1.807, 2.05) is 37.5 Å². The Kier molecular flexibility index (Phi) is 3.58. The summed E-state index contributed by atoms with van der Waals surface area (Å²) in [5.74, 6) is 1.13. The third-order valence-electron chi connectivity index (χ3n) is 3.07. The van der Waals surface area contributed by atoms with Crippen molar-refractivity contribution in [3.8, 4) is 11.3 Å². The van der Waals surface area contributed by atoms with E-state index in [4.69, 9.17) is 17.3 Å². The lowest BCUT2D eigenvalue weighted by Crippen LogP contribution is -2.02. The van der Waals surface area contributed by atoms with Gasteiger partial charge in [0.25, 0.3) is 0 Å². The molecular weight excluding hydrogens is 286 g/mol. The van der Waals surface area contributed by atoms with Gasteiger partial charge in [-0.25, -0.2) is 9.97 Å². The van der Waals surface area contributed by atoms with Gasteiger partial charge in [-0.2, -0.15) is 5.10 Å². The first-order valence-corrected chi connectivity index (χ1v) is 6.85. The molecule has 0 saturated heterocycles. The SMILES string of the molecule is Cn1cc(-c2cc(N)nc(Cc3ccc(Cl)cc3)n2)cn1. The maximum absolute atomic E-state index is 5.89. The van der Waals surface area contributed by atoms with Gasteiger partial charge in [0, 0.05) is 36.3 Å². The number of nitrogen functional groups attached to an aromatic ring is 1. The summed E-state index contributed by atoms with van der Waals surface area (Å²) in [5.41, 5.74) is 8.66. The zero-order chi connectivity index (χ0) is 14.8. The molecule has 3 aromatic rings. The number of rotatable bonds is 3. The second kappa shape index (κ2) is 5.54. The molecule has 2 N–H and O–H groups in total. The maximum atomic E-state index is 5.89. The molecule has 0 amide bonds. The third kappa shape index (κ3) is 3.20. The molecule has 1 aromatic carbocycles. The standard InChI is InChI=1S/C15H14ClN5/c1-21-9-11(8-18-21)13-7-14(17)20-15(19-13)6-10-2-4-12(16)5-3-10/h2-5,7-9H,6H2,1H3,(H2,17,19,20). The third-order valence-corrected chi connectivity index (χ3v) is 3.32. The molecule has 0 fully saturated rings. The molecule has 3 rings (SSSR count). The van der Waals surface area contributed by atoms with Gasteiger partial charge in [0.2, 0.25) is 0 Å². The van der Waals surface area contributed by atoms with Gasteiger partial charge >= 0.3 is 0 Å². The number of aryl methyl sites for hydroxylation is 1. The minimum Gasteiger partial charge on any atom is -0.384 e. The fraction of sp³-hybridized carbons (Fsp3) is 0.133. The van der Waals surface area contributed by atoms with Crippen molar-refractivity contribution < 1.29 is 0 Å². The van der Waals surface area contributed by atoms with Crippen molar-refractivity contribution in [3.63, 3.8) is 0 Å². The Labute approximate surface area is 127 Å². The topological polar surface area (TPSA) is 69.6 Å². The van der Waals surface area contributed by atoms with Gasteiger partial charge in [0.05, 0.1) is 11.9 Å². The summed E-state index contributed by atoms with van der Waals surface area (Å²) in [6, 6.07) is 9.37. The Morgan fingerprint density at radius 2 is 1.95 bits per heavy atom. The first-order chi connectivity index (χ1) is 10.1. The minimum atomic E-state index is 0.452. The summed E-state index contributed by atoms with van der Waals surface area (Å²) in [7, 11) is 1.86. The number of nitrogens with zero attached hydrogens (tertiary/aromatic N) is 4. The van der Waals surface area contributed by atoms with Crippen LogP contribution in [-0.2, 0) is 13.5 Å². The molecule has 21 heavy (non-hydrogen) atoms. The van der Waals surface area contributed by atoms with Crippen molar-refractivity contribution in [1.82, 2.24) is 19.7 Å². The van der Waals surface area contributed by atoms with Crippen molar-refractivity contribution in [1.29, 1.82) is 0 Å². The fourth-order valence-corrected chi connectivity index (χ4v) is 2.21. The zero-order valence-electron chi connectivity index (χ0n) is 11.5. The highest BCUT2D eigenvalue weighted by Crippen LogP contribution is 2.19. The molecule has 0 saturated carbocycles. The molecule has 0 aliphatic heterocycles. The molecule has 0 spiro atoms. The highest BCUT2D eigenvalue weighted by molar-refractivity contribution is 6.30. The summed E-state index contributed by atoms with van der Waals surface area (Å²) in [5, 5.41) is 4.86. The molecule has 0 unspecified atom stereocenters. The highest BCUT2D eigenvalue weighted by atomic mass is 35.5. The van der Waals surface area contributed by atoms with E-state index >= 15 is 0 Å². The summed E-state index contributed by atoms with van der Waals surface area (Å²) in [6.07, 6.45) is 4.26. The number of nitrogens with two attached hydrogens (primary N) is 1. The molecule has 6 heteroatoms. The Hall–Kier alpha value is -2.40. The van der Waals surface area contributed by atoms with Crippen molar-refractivity contribution in [3.05, 3.63) is 59.1 Å². The number of hydrogen-bond donors (Lipinski definition) is 1. The van der Waals surface area contributed by atoms with Crippen LogP contribution < -0.4 is 5.73 Å². The van der Waals surface area contributed by atoms with Gasteiger partial charge in [0.15, 0.2) is 0 Å². The van der Waals surface area contributed by atoms with E-state index in [9.17, 15) is 0 Å². The highest BCUT2D eigenvalue weighted by Gasteiger charge is 2.07. The summed E-state index contributed by atoms with van der Waals surface area (Å²) in [6.45, 7) is 0. The maximum Gasteiger partial charge on any atom is 0.135 e. The fourth-order valence-electron chi connectivity index (χ4n) is 2.08. The van der Waals surface area contributed by atoms with Crippen molar-refractivity contribution in [2.45, 2.75) is 6.42 Å². The summed E-state index contributed by atoms with van der Waals surface area (Å²) < 4.78 is 1.73. The van der Waals surface area contributed by atoms with Gasteiger partial charge < -0.3 is 5.73 Å². The number of halogens is 1. The molecular formula is C15H14ClN5. The molecule has 106 valence electrons. The van der Waals surface area contributed by atoms with Crippen LogP contribution in [0.3, 0.4) is 0 Å². The molecule has 2 heterocycles. The van der Waals surface area contributed by atoms with Gasteiger partial charge in [0.1, 0.15) is 11.6 Å². The largest absolute Gasteiger partial charge is 0.384 e. The van der Waals surface area contributed by atoms with Crippen LogP contribution in [0, 0.1) is 0 Å². The van der Waals surface area contributed by atoms with E-state index in [0.29, 0.717) is 23.1 Å². The van der Waals surface area contributed by atoms with Crippen molar-refractivity contribution in [2.75, 3.05) is 5.73 Å². The van der Waals surface area contributed by atoms with E-state index in [1.165, 1.54) is 0 Å². The van der Waals surface area contributed by atoms with Crippen LogP contribution in [0.5, 0.6) is 0 Å². The van der Waals surface area contributed by atoms with Crippen LogP contribution in [0.4, 0.5) is 5.82 Å². The second-order valence-electron chi connectivity index (χ2n) is 4.80. The van der Waals surface area contributed by atoms with Crippen LogP contribution in [0.1, 0.15) is 11.4 Å². The monoisotopic (exact) mass is 299 g/mol. The number of hydrogen-bond acceptors (Lipinski definition) is 4. The predicted octanol–water partition coefficient (Wildman–Crippen LogP) is 2.70.